The fraction of sp³-hybridized carbons (Fsp3) is 0.143. The lowest BCUT2D eigenvalue weighted by molar-refractivity contribution is -0.138. The topological polar surface area (TPSA) is 96.3 Å². The lowest BCUT2D eigenvalue weighted by Gasteiger charge is -2.22. The second kappa shape index (κ2) is 7.23. The van der Waals surface area contributed by atoms with Gasteiger partial charge in [-0.15, -0.1) is 0 Å². The third-order valence-electron chi connectivity index (χ3n) is 4.80. The van der Waals surface area contributed by atoms with Gasteiger partial charge in [0.25, 0.3) is 5.91 Å². The van der Waals surface area contributed by atoms with Crippen LogP contribution < -0.4 is 10.7 Å². The third-order valence-corrected chi connectivity index (χ3v) is 4.80. The van der Waals surface area contributed by atoms with Crippen molar-refractivity contribution in [2.24, 2.45) is 0 Å². The zero-order valence-corrected chi connectivity index (χ0v) is 15.7. The van der Waals surface area contributed by atoms with Gasteiger partial charge in [0.15, 0.2) is 0 Å². The molecule has 146 valence electrons. The number of nitrogens with one attached hydrogen (secondary N) is 2. The molecule has 4 amide bonds. The number of urea groups is 1. The van der Waals surface area contributed by atoms with Crippen molar-refractivity contribution in [3.63, 3.8) is 0 Å². The molecule has 1 aromatic heterocycles. The summed E-state index contributed by atoms with van der Waals surface area (Å²) in [5.74, 6) is -1.03. The monoisotopic (exact) mass is 389 g/mol. The van der Waals surface area contributed by atoms with Gasteiger partial charge in [0, 0.05) is 6.20 Å². The Morgan fingerprint density at radius 2 is 1.72 bits per heavy atom. The second-order valence-corrected chi connectivity index (χ2v) is 6.90. The number of hydrogen-bond acceptors (Lipinski definition) is 4. The zero-order chi connectivity index (χ0) is 20.4. The van der Waals surface area contributed by atoms with Crippen molar-refractivity contribution in [1.29, 1.82) is 0 Å². The highest BCUT2D eigenvalue weighted by atomic mass is 16.2. The molecule has 3 aromatic rings. The van der Waals surface area contributed by atoms with Crippen molar-refractivity contribution in [3.05, 3.63) is 84.2 Å². The SMILES string of the molecule is C[C@@]1(c2ccccc2)NC(=O)N(NC(=O)Cc2cnn(-c3ccccc3)c2)C1=O. The van der Waals surface area contributed by atoms with E-state index in [4.69, 9.17) is 0 Å². The minimum absolute atomic E-state index is 0.0219. The van der Waals surface area contributed by atoms with E-state index in [1.165, 1.54) is 0 Å². The van der Waals surface area contributed by atoms with E-state index in [2.05, 4.69) is 15.8 Å². The fourth-order valence-electron chi connectivity index (χ4n) is 3.23. The summed E-state index contributed by atoms with van der Waals surface area (Å²) in [6.45, 7) is 1.61. The molecule has 2 heterocycles. The predicted octanol–water partition coefficient (Wildman–Crippen LogP) is 1.91. The van der Waals surface area contributed by atoms with E-state index in [9.17, 15) is 14.4 Å². The van der Waals surface area contributed by atoms with Crippen LogP contribution in [-0.2, 0) is 21.5 Å². The molecule has 0 saturated carbocycles. The predicted molar refractivity (Wildman–Crippen MR) is 105 cm³/mol. The maximum absolute atomic E-state index is 12.8. The molecule has 0 radical (unpaired) electrons. The summed E-state index contributed by atoms with van der Waals surface area (Å²) in [4.78, 5) is 37.6. The molecule has 8 heteroatoms. The third kappa shape index (κ3) is 3.47. The summed E-state index contributed by atoms with van der Waals surface area (Å²) in [5.41, 5.74) is 3.33. The molecule has 29 heavy (non-hydrogen) atoms. The van der Waals surface area contributed by atoms with Crippen molar-refractivity contribution in [2.45, 2.75) is 18.9 Å². The average molecular weight is 389 g/mol. The zero-order valence-electron chi connectivity index (χ0n) is 15.7. The largest absolute Gasteiger partial charge is 0.344 e. The van der Waals surface area contributed by atoms with E-state index in [0.717, 1.165) is 10.7 Å². The summed E-state index contributed by atoms with van der Waals surface area (Å²) >= 11 is 0. The molecule has 0 aliphatic carbocycles. The van der Waals surface area contributed by atoms with Gasteiger partial charge < -0.3 is 5.32 Å². The van der Waals surface area contributed by atoms with Gasteiger partial charge >= 0.3 is 6.03 Å². The Kier molecular flexibility index (Phi) is 4.59. The summed E-state index contributed by atoms with van der Waals surface area (Å²) in [6.07, 6.45) is 3.29. The number of amides is 4. The van der Waals surface area contributed by atoms with Crippen molar-refractivity contribution >= 4 is 17.8 Å². The first-order valence-electron chi connectivity index (χ1n) is 9.08. The first kappa shape index (κ1) is 18.4. The Hall–Kier alpha value is -3.94. The molecule has 8 nitrogen and oxygen atoms in total. The molecule has 1 aliphatic heterocycles. The molecule has 0 unspecified atom stereocenters. The minimum Gasteiger partial charge on any atom is -0.318 e. The number of hydrazine groups is 1. The van der Waals surface area contributed by atoms with Crippen LogP contribution in [0.5, 0.6) is 0 Å². The van der Waals surface area contributed by atoms with Crippen molar-refractivity contribution in [1.82, 2.24) is 25.5 Å². The van der Waals surface area contributed by atoms with Crippen LogP contribution in [0.4, 0.5) is 4.79 Å². The lowest BCUT2D eigenvalue weighted by Crippen LogP contribution is -2.48. The van der Waals surface area contributed by atoms with E-state index in [0.29, 0.717) is 11.1 Å². The summed E-state index contributed by atoms with van der Waals surface area (Å²) in [5, 5.41) is 7.62. The number of rotatable bonds is 5. The number of nitrogens with zero attached hydrogens (tertiary/aromatic N) is 3. The van der Waals surface area contributed by atoms with E-state index >= 15 is 0 Å². The Bertz CT molecular complexity index is 1060. The highest BCUT2D eigenvalue weighted by Crippen LogP contribution is 2.27. The van der Waals surface area contributed by atoms with Crippen LogP contribution in [0.15, 0.2) is 73.1 Å². The van der Waals surface area contributed by atoms with Crippen LogP contribution in [0.2, 0.25) is 0 Å². The number of carbonyl (C=O) groups excluding carboxylic acids is 3. The normalized spacial score (nSPS) is 18.6. The van der Waals surface area contributed by atoms with Gasteiger partial charge in [0.2, 0.25) is 5.91 Å². The maximum atomic E-state index is 12.8. The molecule has 1 aliphatic rings. The number of aromatic nitrogens is 2. The summed E-state index contributed by atoms with van der Waals surface area (Å²) in [7, 11) is 0. The number of hydrogen-bond donors (Lipinski definition) is 2. The Labute approximate surface area is 167 Å². The van der Waals surface area contributed by atoms with Crippen LogP contribution in [0.1, 0.15) is 18.1 Å². The molecule has 0 bridgehead atoms. The molecular formula is C21H19N5O3. The highest BCUT2D eigenvalue weighted by molar-refractivity contribution is 6.08. The van der Waals surface area contributed by atoms with Gasteiger partial charge in [0.1, 0.15) is 5.54 Å². The Morgan fingerprint density at radius 1 is 1.07 bits per heavy atom. The molecule has 1 atom stereocenters. The average Bonchev–Trinajstić information content (AvgIpc) is 3.28. The fourth-order valence-corrected chi connectivity index (χ4v) is 3.23. The first-order chi connectivity index (χ1) is 14.0. The molecule has 1 saturated heterocycles. The van der Waals surface area contributed by atoms with Crippen LogP contribution in [0.3, 0.4) is 0 Å². The maximum Gasteiger partial charge on any atom is 0.344 e. The number of benzene rings is 2. The van der Waals surface area contributed by atoms with Gasteiger partial charge in [-0.1, -0.05) is 48.5 Å². The van der Waals surface area contributed by atoms with Crippen molar-refractivity contribution < 1.29 is 14.4 Å². The Morgan fingerprint density at radius 3 is 2.41 bits per heavy atom. The van der Waals surface area contributed by atoms with E-state index in [1.807, 2.05) is 36.4 Å². The van der Waals surface area contributed by atoms with E-state index in [-0.39, 0.29) is 6.42 Å². The van der Waals surface area contributed by atoms with Crippen molar-refractivity contribution in [2.75, 3.05) is 0 Å². The van der Waals surface area contributed by atoms with E-state index in [1.54, 1.807) is 48.3 Å². The number of imide groups is 1. The quantitative estimate of drug-likeness (QED) is 0.652. The van der Waals surface area contributed by atoms with Crippen molar-refractivity contribution in [3.8, 4) is 5.69 Å². The van der Waals surface area contributed by atoms with Gasteiger partial charge in [-0.05, 0) is 30.2 Å². The molecule has 1 fully saturated rings. The standard InChI is InChI=1S/C21H19N5O3/c1-21(16-8-4-2-5-9-16)19(28)26(20(29)23-21)24-18(27)12-15-13-22-25(14-15)17-10-6-3-7-11-17/h2-11,13-14H,12H2,1H3,(H,23,29)(H,24,27)/t21-/m0/s1. The van der Waals surface area contributed by atoms with Gasteiger partial charge in [-0.3, -0.25) is 15.0 Å². The van der Waals surface area contributed by atoms with Gasteiger partial charge in [-0.2, -0.15) is 10.1 Å². The van der Waals surface area contributed by atoms with E-state index < -0.39 is 23.4 Å². The molecule has 2 aromatic carbocycles. The minimum atomic E-state index is -1.23. The molecule has 2 N–H and O–H groups in total. The molecule has 4 rings (SSSR count). The number of para-hydroxylation sites is 1. The van der Waals surface area contributed by atoms with Crippen LogP contribution in [0, 0.1) is 0 Å². The van der Waals surface area contributed by atoms with Gasteiger partial charge in [-0.25, -0.2) is 9.48 Å². The smallest absolute Gasteiger partial charge is 0.318 e. The first-order valence-corrected chi connectivity index (χ1v) is 9.08. The van der Waals surface area contributed by atoms with Crippen LogP contribution in [0.25, 0.3) is 5.69 Å². The number of carbonyl (C=O) groups is 3. The summed E-state index contributed by atoms with van der Waals surface area (Å²) < 4.78 is 1.66. The Balaban J connectivity index is 1.44. The molecular weight excluding hydrogens is 370 g/mol. The summed E-state index contributed by atoms with van der Waals surface area (Å²) in [6, 6.07) is 17.7. The molecule has 0 spiro atoms. The van der Waals surface area contributed by atoms with Crippen LogP contribution in [-0.4, -0.2) is 32.6 Å². The highest BCUT2D eigenvalue weighted by Gasteiger charge is 2.49. The van der Waals surface area contributed by atoms with Crippen LogP contribution >= 0.6 is 0 Å². The van der Waals surface area contributed by atoms with Gasteiger partial charge in [0.05, 0.1) is 18.3 Å². The second-order valence-electron chi connectivity index (χ2n) is 6.90. The lowest BCUT2D eigenvalue weighted by atomic mass is 9.92.